The van der Waals surface area contributed by atoms with Gasteiger partial charge in [-0.05, 0) is 36.6 Å². The Morgan fingerprint density at radius 3 is 2.52 bits per heavy atom. The molecule has 1 aliphatic carbocycles. The molecular weight excluding hydrogens is 340 g/mol. The van der Waals surface area contributed by atoms with Gasteiger partial charge >= 0.3 is 0 Å². The van der Waals surface area contributed by atoms with E-state index in [0.717, 1.165) is 24.0 Å². The monoisotopic (exact) mass is 358 g/mol. The molecule has 2 amide bonds. The van der Waals surface area contributed by atoms with Crippen molar-refractivity contribution < 1.29 is 9.59 Å². The second-order valence-corrected chi connectivity index (χ2v) is 6.48. The summed E-state index contributed by atoms with van der Waals surface area (Å²) in [6.07, 6.45) is 6.69. The maximum absolute atomic E-state index is 12.6. The summed E-state index contributed by atoms with van der Waals surface area (Å²) in [6.45, 7) is 0. The lowest BCUT2D eigenvalue weighted by atomic mass is 10.1. The van der Waals surface area contributed by atoms with Gasteiger partial charge in [0, 0.05) is 29.4 Å². The third kappa shape index (κ3) is 4.17. The van der Waals surface area contributed by atoms with Gasteiger partial charge in [0.05, 0.1) is 11.9 Å². The molecule has 0 atom stereocenters. The van der Waals surface area contributed by atoms with E-state index in [1.807, 2.05) is 36.4 Å². The second kappa shape index (κ2) is 7.37. The Kier molecular flexibility index (Phi) is 4.61. The number of pyridine rings is 2. The van der Waals surface area contributed by atoms with Gasteiger partial charge in [-0.2, -0.15) is 0 Å². The number of nitrogens with zero attached hydrogens (tertiary/aromatic N) is 2. The number of rotatable bonds is 5. The zero-order chi connectivity index (χ0) is 18.6. The minimum absolute atomic E-state index is 0.0418. The molecule has 1 aromatic carbocycles. The molecule has 1 saturated carbocycles. The number of carbonyl (C=O) groups is 2. The molecule has 134 valence electrons. The summed E-state index contributed by atoms with van der Waals surface area (Å²) in [6, 6.07) is 14.9. The molecule has 0 aliphatic heterocycles. The number of benzene rings is 1. The van der Waals surface area contributed by atoms with E-state index < -0.39 is 0 Å². The van der Waals surface area contributed by atoms with Crippen molar-refractivity contribution in [1.82, 2.24) is 9.97 Å². The number of aromatic nitrogens is 2. The van der Waals surface area contributed by atoms with Crippen molar-refractivity contribution in [3.8, 4) is 11.1 Å². The van der Waals surface area contributed by atoms with E-state index in [2.05, 4.69) is 20.6 Å². The first-order chi connectivity index (χ1) is 13.2. The quantitative estimate of drug-likeness (QED) is 0.728. The van der Waals surface area contributed by atoms with Crippen LogP contribution in [0.2, 0.25) is 0 Å². The summed E-state index contributed by atoms with van der Waals surface area (Å²) in [5.74, 6) is 0.137. The maximum Gasteiger partial charge on any atom is 0.255 e. The van der Waals surface area contributed by atoms with Crippen LogP contribution in [0.15, 0.2) is 67.1 Å². The van der Waals surface area contributed by atoms with E-state index in [1.165, 1.54) is 6.20 Å². The molecule has 1 fully saturated rings. The van der Waals surface area contributed by atoms with Crippen LogP contribution in [0.5, 0.6) is 0 Å². The first-order valence-electron chi connectivity index (χ1n) is 8.78. The van der Waals surface area contributed by atoms with E-state index in [-0.39, 0.29) is 17.7 Å². The molecule has 0 spiro atoms. The predicted molar refractivity (Wildman–Crippen MR) is 103 cm³/mol. The number of amides is 2. The largest absolute Gasteiger partial charge is 0.321 e. The van der Waals surface area contributed by atoms with E-state index in [1.54, 1.807) is 24.5 Å². The number of carbonyl (C=O) groups excluding carboxylic acids is 2. The molecule has 1 aliphatic rings. The summed E-state index contributed by atoms with van der Waals surface area (Å²) in [5, 5.41) is 5.59. The molecule has 0 bridgehead atoms. The van der Waals surface area contributed by atoms with Gasteiger partial charge in [-0.25, -0.2) is 4.98 Å². The average molecular weight is 358 g/mol. The fourth-order valence-electron chi connectivity index (χ4n) is 2.71. The van der Waals surface area contributed by atoms with E-state index in [4.69, 9.17) is 0 Å². The van der Waals surface area contributed by atoms with Crippen molar-refractivity contribution in [2.75, 3.05) is 10.6 Å². The lowest BCUT2D eigenvalue weighted by molar-refractivity contribution is -0.117. The first-order valence-corrected chi connectivity index (χ1v) is 8.78. The molecule has 0 saturated heterocycles. The zero-order valence-electron chi connectivity index (χ0n) is 14.6. The van der Waals surface area contributed by atoms with Gasteiger partial charge in [-0.15, -0.1) is 0 Å². The van der Waals surface area contributed by atoms with Crippen LogP contribution in [-0.4, -0.2) is 21.8 Å². The van der Waals surface area contributed by atoms with Crippen LogP contribution in [0, 0.1) is 5.92 Å². The Morgan fingerprint density at radius 2 is 1.74 bits per heavy atom. The number of nitrogens with one attached hydrogen (secondary N) is 2. The summed E-state index contributed by atoms with van der Waals surface area (Å²) in [4.78, 5) is 32.7. The molecule has 2 heterocycles. The summed E-state index contributed by atoms with van der Waals surface area (Å²) in [7, 11) is 0. The average Bonchev–Trinajstić information content (AvgIpc) is 3.54. The molecule has 0 radical (unpaired) electrons. The van der Waals surface area contributed by atoms with Crippen LogP contribution in [0.3, 0.4) is 0 Å². The Bertz CT molecular complexity index is 984. The van der Waals surface area contributed by atoms with E-state index >= 15 is 0 Å². The van der Waals surface area contributed by atoms with Gasteiger partial charge in [0.2, 0.25) is 5.91 Å². The highest BCUT2D eigenvalue weighted by Crippen LogP contribution is 2.30. The minimum Gasteiger partial charge on any atom is -0.321 e. The Morgan fingerprint density at radius 1 is 0.926 bits per heavy atom. The normalized spacial score (nSPS) is 13.0. The first kappa shape index (κ1) is 16.9. The van der Waals surface area contributed by atoms with Crippen molar-refractivity contribution in [2.45, 2.75) is 12.8 Å². The third-order valence-corrected chi connectivity index (χ3v) is 4.32. The number of anilines is 2. The number of hydrogen-bond donors (Lipinski definition) is 2. The third-order valence-electron chi connectivity index (χ3n) is 4.32. The van der Waals surface area contributed by atoms with Gasteiger partial charge in [0.1, 0.15) is 5.82 Å². The minimum atomic E-state index is -0.286. The fourth-order valence-corrected chi connectivity index (χ4v) is 2.71. The van der Waals surface area contributed by atoms with Crippen molar-refractivity contribution in [3.05, 3.63) is 72.7 Å². The van der Waals surface area contributed by atoms with Crippen LogP contribution in [-0.2, 0) is 4.79 Å². The second-order valence-electron chi connectivity index (χ2n) is 6.48. The summed E-state index contributed by atoms with van der Waals surface area (Å²) in [5.41, 5.74) is 2.96. The van der Waals surface area contributed by atoms with Crippen molar-refractivity contribution >= 4 is 23.3 Å². The van der Waals surface area contributed by atoms with Crippen LogP contribution < -0.4 is 10.6 Å². The highest BCUT2D eigenvalue weighted by molar-refractivity contribution is 6.05. The van der Waals surface area contributed by atoms with Gasteiger partial charge in [0.25, 0.3) is 5.91 Å². The Balaban J connectivity index is 1.48. The van der Waals surface area contributed by atoms with E-state index in [0.29, 0.717) is 17.1 Å². The molecule has 3 aromatic rings. The predicted octanol–water partition coefficient (Wildman–Crippen LogP) is 3.74. The number of hydrogen-bond acceptors (Lipinski definition) is 4. The lowest BCUT2D eigenvalue weighted by Crippen LogP contribution is -2.16. The van der Waals surface area contributed by atoms with Crippen LogP contribution in [0.25, 0.3) is 11.1 Å². The zero-order valence-corrected chi connectivity index (χ0v) is 14.6. The topological polar surface area (TPSA) is 84.0 Å². The molecule has 4 rings (SSSR count). The summed E-state index contributed by atoms with van der Waals surface area (Å²) >= 11 is 0. The molecule has 0 unspecified atom stereocenters. The van der Waals surface area contributed by atoms with Crippen LogP contribution in [0.1, 0.15) is 23.2 Å². The van der Waals surface area contributed by atoms with E-state index in [9.17, 15) is 9.59 Å². The van der Waals surface area contributed by atoms with Crippen molar-refractivity contribution in [3.63, 3.8) is 0 Å². The van der Waals surface area contributed by atoms with Gasteiger partial charge in [0.15, 0.2) is 0 Å². The highest BCUT2D eigenvalue weighted by atomic mass is 16.2. The molecule has 2 aromatic heterocycles. The highest BCUT2D eigenvalue weighted by Gasteiger charge is 2.29. The maximum atomic E-state index is 12.6. The van der Waals surface area contributed by atoms with Crippen molar-refractivity contribution in [2.24, 2.45) is 5.92 Å². The Hall–Kier alpha value is -3.54. The van der Waals surface area contributed by atoms with Gasteiger partial charge in [-0.1, -0.05) is 30.3 Å². The molecular formula is C21H18N4O2. The molecule has 6 heteroatoms. The van der Waals surface area contributed by atoms with Crippen LogP contribution >= 0.6 is 0 Å². The fraction of sp³-hybridized carbons (Fsp3) is 0.143. The van der Waals surface area contributed by atoms with Crippen molar-refractivity contribution in [1.29, 1.82) is 0 Å². The standard InChI is InChI=1S/C21H18N4O2/c26-20(15-6-7-15)25-19-11-16(8-9-23-19)21(27)24-18-10-17(12-22-13-18)14-4-2-1-3-5-14/h1-5,8-13,15H,6-7H2,(H,24,27)(H,23,25,26). The van der Waals surface area contributed by atoms with Gasteiger partial charge in [-0.3, -0.25) is 14.6 Å². The Labute approximate surface area is 156 Å². The molecule has 6 nitrogen and oxygen atoms in total. The smallest absolute Gasteiger partial charge is 0.255 e. The molecule has 27 heavy (non-hydrogen) atoms. The van der Waals surface area contributed by atoms with Crippen LogP contribution in [0.4, 0.5) is 11.5 Å². The summed E-state index contributed by atoms with van der Waals surface area (Å²) < 4.78 is 0. The SMILES string of the molecule is O=C(Nc1cncc(-c2ccccc2)c1)c1ccnc(NC(=O)C2CC2)c1. The lowest BCUT2D eigenvalue weighted by Gasteiger charge is -2.09. The van der Waals surface area contributed by atoms with Gasteiger partial charge < -0.3 is 10.6 Å². The molecule has 2 N–H and O–H groups in total.